The molecule has 0 saturated carbocycles. The van der Waals surface area contributed by atoms with Crippen molar-refractivity contribution in [3.8, 4) is 11.1 Å². The van der Waals surface area contributed by atoms with E-state index >= 15 is 0 Å². The smallest absolute Gasteiger partial charge is 0.273 e. The minimum Gasteiger partial charge on any atom is -0.273 e. The third kappa shape index (κ3) is 4.50. The number of carbonyl (C=O) groups excluding carboxylic acids is 3. The van der Waals surface area contributed by atoms with Crippen LogP contribution in [0.2, 0.25) is 0 Å². The summed E-state index contributed by atoms with van der Waals surface area (Å²) in [5.41, 5.74) is -3.27. The number of nitrogens with one attached hydrogen (secondary N) is 2. The second kappa shape index (κ2) is 7.32. The maximum atomic E-state index is 13.0. The first kappa shape index (κ1) is 21.1. The zero-order valence-electron chi connectivity index (χ0n) is 14.6. The van der Waals surface area contributed by atoms with Gasteiger partial charge in [0.2, 0.25) is 0 Å². The fourth-order valence-electron chi connectivity index (χ4n) is 2.67. The van der Waals surface area contributed by atoms with Gasteiger partial charge >= 0.3 is 18.4 Å². The molecule has 0 bridgehead atoms. The molecule has 0 aromatic heterocycles. The number of carbonyl (C=O) groups is 3. The summed E-state index contributed by atoms with van der Waals surface area (Å²) >= 11 is 0. The summed E-state index contributed by atoms with van der Waals surface area (Å²) in [7, 11) is 0. The molecule has 2 aromatic carbocycles. The van der Waals surface area contributed by atoms with Crippen LogP contribution in [0.15, 0.2) is 48.0 Å². The summed E-state index contributed by atoms with van der Waals surface area (Å²) in [6.45, 7) is 0. The summed E-state index contributed by atoms with van der Waals surface area (Å²) in [6.07, 6.45) is -8.83. The van der Waals surface area contributed by atoms with Crippen LogP contribution in [-0.4, -0.2) is 17.8 Å². The fourth-order valence-corrected chi connectivity index (χ4v) is 2.67. The van der Waals surface area contributed by atoms with Crippen LogP contribution < -0.4 is 10.6 Å². The number of hydrogen-bond acceptors (Lipinski definition) is 3. The van der Waals surface area contributed by atoms with Crippen LogP contribution >= 0.6 is 0 Å². The van der Waals surface area contributed by atoms with Gasteiger partial charge in [-0.1, -0.05) is 24.3 Å². The van der Waals surface area contributed by atoms with Gasteiger partial charge < -0.3 is 0 Å². The summed E-state index contributed by atoms with van der Waals surface area (Å²) < 4.78 is 78.0. The Morgan fingerprint density at radius 1 is 0.667 bits per heavy atom. The van der Waals surface area contributed by atoms with Gasteiger partial charge in [-0.2, -0.15) is 26.3 Å². The van der Waals surface area contributed by atoms with E-state index in [1.807, 2.05) is 10.6 Å². The fraction of sp³-hybridized carbons (Fsp3) is 0.105. The normalized spacial score (nSPS) is 15.0. The number of hydrogen-bond donors (Lipinski definition) is 2. The Hall–Kier alpha value is -3.63. The maximum Gasteiger partial charge on any atom is 0.416 e. The molecule has 0 radical (unpaired) electrons. The lowest BCUT2D eigenvalue weighted by atomic mass is 9.98. The van der Waals surface area contributed by atoms with Crippen LogP contribution in [0.4, 0.5) is 31.1 Å². The van der Waals surface area contributed by atoms with E-state index in [1.54, 1.807) is 0 Å². The molecule has 5 nitrogen and oxygen atoms in total. The maximum absolute atomic E-state index is 13.0. The van der Waals surface area contributed by atoms with E-state index < -0.39 is 41.3 Å². The van der Waals surface area contributed by atoms with E-state index in [9.17, 15) is 40.7 Å². The highest BCUT2D eigenvalue weighted by atomic mass is 19.4. The quantitative estimate of drug-likeness (QED) is 0.429. The number of halogens is 6. The summed E-state index contributed by atoms with van der Waals surface area (Å²) in [6, 6.07) is 5.32. The molecule has 1 heterocycles. The topological polar surface area (TPSA) is 75.3 Å². The minimum atomic E-state index is -4.97. The van der Waals surface area contributed by atoms with Gasteiger partial charge in [-0.15, -0.1) is 0 Å². The molecule has 0 unspecified atom stereocenters. The number of barbiturate groups is 1. The highest BCUT2D eigenvalue weighted by Crippen LogP contribution is 2.38. The molecular formula is C19H10F6N2O3. The number of benzene rings is 2. The molecule has 30 heavy (non-hydrogen) atoms. The predicted octanol–water partition coefficient (Wildman–Crippen LogP) is 4.14. The van der Waals surface area contributed by atoms with E-state index in [2.05, 4.69) is 0 Å². The summed E-state index contributed by atoms with van der Waals surface area (Å²) in [5.74, 6) is -1.89. The van der Waals surface area contributed by atoms with Gasteiger partial charge in [0.15, 0.2) is 0 Å². The van der Waals surface area contributed by atoms with Crippen LogP contribution in [-0.2, 0) is 21.9 Å². The van der Waals surface area contributed by atoms with Crippen LogP contribution in [0.25, 0.3) is 17.2 Å². The average Bonchev–Trinajstić information content (AvgIpc) is 2.63. The van der Waals surface area contributed by atoms with E-state index in [1.165, 1.54) is 24.3 Å². The van der Waals surface area contributed by atoms with E-state index in [0.717, 1.165) is 6.08 Å². The second-order valence-corrected chi connectivity index (χ2v) is 6.21. The summed E-state index contributed by atoms with van der Waals surface area (Å²) in [4.78, 5) is 34.4. The molecule has 1 aliphatic rings. The molecule has 2 aromatic rings. The highest BCUT2D eigenvalue weighted by molar-refractivity contribution is 6.31. The molecule has 3 rings (SSSR count). The van der Waals surface area contributed by atoms with Crippen molar-refractivity contribution >= 4 is 23.9 Å². The SMILES string of the molecule is O=C1NC(=O)C(=Cc2ccc(-c3cc(C(F)(F)F)cc(C(F)(F)F)c3)cc2)C(=O)N1. The lowest BCUT2D eigenvalue weighted by Gasteiger charge is -2.15. The lowest BCUT2D eigenvalue weighted by molar-refractivity contribution is -0.143. The van der Waals surface area contributed by atoms with Crippen molar-refractivity contribution in [1.82, 2.24) is 10.6 Å². The molecule has 2 N–H and O–H groups in total. The van der Waals surface area contributed by atoms with Crippen molar-refractivity contribution in [3.63, 3.8) is 0 Å². The van der Waals surface area contributed by atoms with Gasteiger partial charge in [0.1, 0.15) is 5.57 Å². The van der Waals surface area contributed by atoms with Crippen LogP contribution in [0, 0.1) is 0 Å². The van der Waals surface area contributed by atoms with Gasteiger partial charge in [-0.25, -0.2) is 4.79 Å². The second-order valence-electron chi connectivity index (χ2n) is 6.21. The standard InChI is InChI=1S/C19H10F6N2O3/c20-18(21,22)12-6-11(7-13(8-12)19(23,24)25)10-3-1-9(2-4-10)5-14-15(28)26-17(30)27-16(14)29/h1-8H,(H2,26,27,28,29,30). The Bertz CT molecular complexity index is 1010. The number of amides is 4. The van der Waals surface area contributed by atoms with Crippen LogP contribution in [0.5, 0.6) is 0 Å². The first-order valence-electron chi connectivity index (χ1n) is 8.13. The van der Waals surface area contributed by atoms with Gasteiger partial charge in [-0.05, 0) is 41.0 Å². The Morgan fingerprint density at radius 2 is 1.13 bits per heavy atom. The molecule has 0 aliphatic carbocycles. The Balaban J connectivity index is 1.98. The lowest BCUT2D eigenvalue weighted by Crippen LogP contribution is -2.51. The molecule has 156 valence electrons. The molecule has 1 aliphatic heterocycles. The number of rotatable bonds is 2. The van der Waals surface area contributed by atoms with Gasteiger partial charge in [-0.3, -0.25) is 20.2 Å². The number of urea groups is 1. The largest absolute Gasteiger partial charge is 0.416 e. The molecule has 0 atom stereocenters. The first-order valence-corrected chi connectivity index (χ1v) is 8.13. The van der Waals surface area contributed by atoms with Crippen molar-refractivity contribution in [1.29, 1.82) is 0 Å². The Morgan fingerprint density at radius 3 is 1.57 bits per heavy atom. The Labute approximate surface area is 164 Å². The van der Waals surface area contributed by atoms with E-state index in [4.69, 9.17) is 0 Å². The van der Waals surface area contributed by atoms with E-state index in [0.29, 0.717) is 12.1 Å². The van der Waals surface area contributed by atoms with Crippen molar-refractivity contribution in [2.24, 2.45) is 0 Å². The Kier molecular flexibility index (Phi) is 5.15. The zero-order chi connectivity index (χ0) is 22.3. The minimum absolute atomic E-state index is 0.0316. The first-order chi connectivity index (χ1) is 13.8. The molecule has 1 fully saturated rings. The van der Waals surface area contributed by atoms with Crippen molar-refractivity contribution in [3.05, 3.63) is 64.7 Å². The molecule has 0 spiro atoms. The number of alkyl halides is 6. The predicted molar refractivity (Wildman–Crippen MR) is 91.5 cm³/mol. The van der Waals surface area contributed by atoms with Gasteiger partial charge in [0, 0.05) is 0 Å². The van der Waals surface area contributed by atoms with Crippen molar-refractivity contribution in [2.45, 2.75) is 12.4 Å². The van der Waals surface area contributed by atoms with Gasteiger partial charge in [0.25, 0.3) is 11.8 Å². The number of imide groups is 2. The van der Waals surface area contributed by atoms with Crippen molar-refractivity contribution < 1.29 is 40.7 Å². The van der Waals surface area contributed by atoms with Crippen LogP contribution in [0.3, 0.4) is 0 Å². The molecule has 11 heteroatoms. The van der Waals surface area contributed by atoms with Crippen LogP contribution in [0.1, 0.15) is 16.7 Å². The third-order valence-corrected chi connectivity index (χ3v) is 4.09. The van der Waals surface area contributed by atoms with E-state index in [-0.39, 0.29) is 28.3 Å². The highest BCUT2D eigenvalue weighted by Gasteiger charge is 2.37. The molecular weight excluding hydrogens is 418 g/mol. The zero-order valence-corrected chi connectivity index (χ0v) is 14.6. The summed E-state index contributed by atoms with van der Waals surface area (Å²) in [5, 5.41) is 3.73. The monoisotopic (exact) mass is 428 g/mol. The van der Waals surface area contributed by atoms with Gasteiger partial charge in [0.05, 0.1) is 11.1 Å². The molecule has 4 amide bonds. The third-order valence-electron chi connectivity index (χ3n) is 4.09. The molecule has 1 saturated heterocycles. The van der Waals surface area contributed by atoms with Crippen molar-refractivity contribution in [2.75, 3.05) is 0 Å². The average molecular weight is 428 g/mol.